The third kappa shape index (κ3) is 2.28. The first-order chi connectivity index (χ1) is 8.08. The van der Waals surface area contributed by atoms with E-state index in [-0.39, 0.29) is 16.5 Å². The molecule has 0 aliphatic carbocycles. The molecule has 0 radical (unpaired) electrons. The SMILES string of the molecule is CC(C)=c1[nH]c(=O)/c(=C\c2ccco2)[nH]c1=O. The van der Waals surface area contributed by atoms with E-state index >= 15 is 0 Å². The molecular formula is C12H12N2O3. The molecule has 2 heterocycles. The number of hydrogen-bond donors (Lipinski definition) is 2. The predicted molar refractivity (Wildman–Crippen MR) is 64.0 cm³/mol. The Balaban J connectivity index is 2.77. The van der Waals surface area contributed by atoms with Crippen LogP contribution < -0.4 is 21.8 Å². The maximum absolute atomic E-state index is 11.7. The van der Waals surface area contributed by atoms with Gasteiger partial charge in [-0.3, -0.25) is 9.59 Å². The van der Waals surface area contributed by atoms with Gasteiger partial charge in [0.25, 0.3) is 11.1 Å². The lowest BCUT2D eigenvalue weighted by atomic mass is 10.3. The number of rotatable bonds is 1. The summed E-state index contributed by atoms with van der Waals surface area (Å²) in [5, 5.41) is 0.474. The van der Waals surface area contributed by atoms with Crippen molar-refractivity contribution < 1.29 is 4.42 Å². The Bertz CT molecular complexity index is 744. The molecule has 0 fully saturated rings. The van der Waals surface area contributed by atoms with Crippen LogP contribution in [0, 0.1) is 0 Å². The number of nitrogens with one attached hydrogen (secondary N) is 2. The first kappa shape index (κ1) is 11.2. The highest BCUT2D eigenvalue weighted by molar-refractivity contribution is 5.41. The summed E-state index contributed by atoms with van der Waals surface area (Å²) in [6.07, 6.45) is 2.98. The standard InChI is InChI=1S/C12H12N2O3/c1-7(2)10-12(16)13-9(11(15)14-10)6-8-4-3-5-17-8/h3-6H,1-2H3,(H,13,16)(H,14,15)/b9-6+. The summed E-state index contributed by atoms with van der Waals surface area (Å²) >= 11 is 0. The molecule has 0 saturated heterocycles. The Hall–Kier alpha value is -2.30. The third-order valence-electron chi connectivity index (χ3n) is 2.29. The topological polar surface area (TPSA) is 78.9 Å². The van der Waals surface area contributed by atoms with Gasteiger partial charge in [-0.25, -0.2) is 0 Å². The van der Waals surface area contributed by atoms with Crippen LogP contribution >= 0.6 is 0 Å². The van der Waals surface area contributed by atoms with Crippen molar-refractivity contribution in [3.8, 4) is 0 Å². The van der Waals surface area contributed by atoms with Crippen LogP contribution in [0.5, 0.6) is 0 Å². The van der Waals surface area contributed by atoms with Crippen molar-refractivity contribution in [2.24, 2.45) is 0 Å². The Morgan fingerprint density at radius 3 is 2.59 bits per heavy atom. The molecule has 0 bridgehead atoms. The molecule has 0 aromatic carbocycles. The number of aromatic nitrogens is 2. The lowest BCUT2D eigenvalue weighted by Crippen LogP contribution is -2.47. The minimum absolute atomic E-state index is 0.176. The smallest absolute Gasteiger partial charge is 0.272 e. The molecule has 0 spiro atoms. The number of furan rings is 1. The first-order valence-corrected chi connectivity index (χ1v) is 5.13. The molecule has 0 atom stereocenters. The van der Waals surface area contributed by atoms with Gasteiger partial charge in [-0.15, -0.1) is 0 Å². The van der Waals surface area contributed by atoms with Gasteiger partial charge in [-0.2, -0.15) is 0 Å². The Labute approximate surface area is 96.1 Å². The van der Waals surface area contributed by atoms with Crippen molar-refractivity contribution in [2.75, 3.05) is 0 Å². The molecule has 2 N–H and O–H groups in total. The lowest BCUT2D eigenvalue weighted by Gasteiger charge is -1.91. The molecule has 0 aliphatic heterocycles. The van der Waals surface area contributed by atoms with E-state index in [0.29, 0.717) is 11.1 Å². The summed E-state index contributed by atoms with van der Waals surface area (Å²) in [6, 6.07) is 3.40. The Morgan fingerprint density at radius 1 is 1.24 bits per heavy atom. The molecule has 0 amide bonds. The Kier molecular flexibility index (Phi) is 2.82. The second-order valence-corrected chi connectivity index (χ2v) is 3.86. The first-order valence-electron chi connectivity index (χ1n) is 5.13. The van der Waals surface area contributed by atoms with E-state index in [9.17, 15) is 9.59 Å². The van der Waals surface area contributed by atoms with E-state index < -0.39 is 0 Å². The fraction of sp³-hybridized carbons (Fsp3) is 0.167. The van der Waals surface area contributed by atoms with Crippen molar-refractivity contribution in [2.45, 2.75) is 13.8 Å². The van der Waals surface area contributed by atoms with E-state index in [1.165, 1.54) is 12.3 Å². The number of H-pyrrole nitrogens is 2. The summed E-state index contributed by atoms with van der Waals surface area (Å²) < 4.78 is 5.07. The molecule has 0 unspecified atom stereocenters. The molecule has 2 aromatic rings. The molecule has 88 valence electrons. The van der Waals surface area contributed by atoms with Crippen LogP contribution in [0.3, 0.4) is 0 Å². The monoisotopic (exact) mass is 232 g/mol. The maximum atomic E-state index is 11.7. The summed E-state index contributed by atoms with van der Waals surface area (Å²) in [5.74, 6) is 0.510. The summed E-state index contributed by atoms with van der Waals surface area (Å²) in [4.78, 5) is 28.5. The molecule has 17 heavy (non-hydrogen) atoms. The van der Waals surface area contributed by atoms with Crippen molar-refractivity contribution in [3.05, 3.63) is 55.6 Å². The minimum Gasteiger partial charge on any atom is -0.465 e. The second-order valence-electron chi connectivity index (χ2n) is 3.86. The van der Waals surface area contributed by atoms with E-state index in [2.05, 4.69) is 9.97 Å². The number of hydrogen-bond acceptors (Lipinski definition) is 3. The quantitative estimate of drug-likeness (QED) is 0.707. The minimum atomic E-state index is -0.350. The molecule has 5 heteroatoms. The molecule has 5 nitrogen and oxygen atoms in total. The summed E-state index contributed by atoms with van der Waals surface area (Å²) in [6.45, 7) is 3.52. The Morgan fingerprint density at radius 2 is 2.00 bits per heavy atom. The fourth-order valence-electron chi connectivity index (χ4n) is 1.45. The van der Waals surface area contributed by atoms with Gasteiger partial charge in [0.05, 0.1) is 6.26 Å². The van der Waals surface area contributed by atoms with Crippen molar-refractivity contribution in [1.29, 1.82) is 0 Å². The van der Waals surface area contributed by atoms with Crippen LogP contribution in [0.15, 0.2) is 32.4 Å². The molecule has 2 rings (SSSR count). The predicted octanol–water partition coefficient (Wildman–Crippen LogP) is -0.325. The van der Waals surface area contributed by atoms with E-state index in [1.807, 2.05) is 0 Å². The van der Waals surface area contributed by atoms with Crippen molar-refractivity contribution in [3.63, 3.8) is 0 Å². The van der Waals surface area contributed by atoms with Gasteiger partial charge in [-0.1, -0.05) is 0 Å². The van der Waals surface area contributed by atoms with Crippen LogP contribution in [0.4, 0.5) is 0 Å². The van der Waals surface area contributed by atoms with Crippen LogP contribution in [0.25, 0.3) is 11.6 Å². The lowest BCUT2D eigenvalue weighted by molar-refractivity contribution is 0.556. The largest absolute Gasteiger partial charge is 0.465 e. The van der Waals surface area contributed by atoms with Crippen LogP contribution in [-0.2, 0) is 0 Å². The van der Waals surface area contributed by atoms with Gasteiger partial charge >= 0.3 is 0 Å². The van der Waals surface area contributed by atoms with Crippen LogP contribution in [0.1, 0.15) is 19.6 Å². The summed E-state index contributed by atoms with van der Waals surface area (Å²) in [7, 11) is 0. The van der Waals surface area contributed by atoms with Crippen molar-refractivity contribution in [1.82, 2.24) is 9.97 Å². The average molecular weight is 232 g/mol. The number of aromatic amines is 2. The van der Waals surface area contributed by atoms with Crippen LogP contribution in [-0.4, -0.2) is 9.97 Å². The van der Waals surface area contributed by atoms with E-state index in [0.717, 1.165) is 5.57 Å². The van der Waals surface area contributed by atoms with Gasteiger partial charge < -0.3 is 14.4 Å². The van der Waals surface area contributed by atoms with Gasteiger partial charge in [0.15, 0.2) is 0 Å². The van der Waals surface area contributed by atoms with Gasteiger partial charge in [0, 0.05) is 6.08 Å². The summed E-state index contributed by atoms with van der Waals surface area (Å²) in [5.41, 5.74) is 0.0903. The zero-order valence-electron chi connectivity index (χ0n) is 9.53. The maximum Gasteiger partial charge on any atom is 0.272 e. The third-order valence-corrected chi connectivity index (χ3v) is 2.29. The van der Waals surface area contributed by atoms with E-state index in [4.69, 9.17) is 4.42 Å². The van der Waals surface area contributed by atoms with Crippen LogP contribution in [0.2, 0.25) is 0 Å². The fourth-order valence-corrected chi connectivity index (χ4v) is 1.45. The van der Waals surface area contributed by atoms with Gasteiger partial charge in [-0.05, 0) is 31.6 Å². The highest BCUT2D eigenvalue weighted by Gasteiger charge is 1.97. The second kappa shape index (κ2) is 4.29. The normalized spacial score (nSPS) is 11.8. The average Bonchev–Trinajstić information content (AvgIpc) is 2.75. The molecule has 2 aromatic heterocycles. The zero-order valence-corrected chi connectivity index (χ0v) is 9.53. The molecule has 0 saturated carbocycles. The van der Waals surface area contributed by atoms with E-state index in [1.54, 1.807) is 26.0 Å². The molecule has 0 aliphatic rings. The highest BCUT2D eigenvalue weighted by atomic mass is 16.3. The zero-order chi connectivity index (χ0) is 12.4. The van der Waals surface area contributed by atoms with Gasteiger partial charge in [0.2, 0.25) is 0 Å². The van der Waals surface area contributed by atoms with Crippen molar-refractivity contribution >= 4 is 11.6 Å². The molecular weight excluding hydrogens is 220 g/mol. The highest BCUT2D eigenvalue weighted by Crippen LogP contribution is 1.98. The van der Waals surface area contributed by atoms with Gasteiger partial charge in [0.1, 0.15) is 16.5 Å².